The van der Waals surface area contributed by atoms with Gasteiger partial charge in [0.25, 0.3) is 0 Å². The number of benzene rings is 1. The van der Waals surface area contributed by atoms with Gasteiger partial charge in [0.1, 0.15) is 5.82 Å². The molecular weight excluding hydrogens is 428 g/mol. The minimum atomic E-state index is -0.0508. The number of hydrogen-bond donors (Lipinski definition) is 1. The summed E-state index contributed by atoms with van der Waals surface area (Å²) in [4.78, 5) is 18.0. The van der Waals surface area contributed by atoms with Crippen LogP contribution < -0.4 is 5.69 Å². The number of rotatable bonds is 8. The SMILES string of the molecule is CCCc1cn(-c2cccn2CC)c(=O)n1Cc1ccc(-c2ccccc2-c2nn[nH]n2)cn1. The maximum Gasteiger partial charge on any atom is 0.334 e. The molecule has 0 saturated heterocycles. The van der Waals surface area contributed by atoms with E-state index in [1.54, 1.807) is 4.57 Å². The lowest BCUT2D eigenvalue weighted by Crippen LogP contribution is -2.26. The van der Waals surface area contributed by atoms with E-state index in [0.29, 0.717) is 12.4 Å². The number of nitrogens with one attached hydrogen (secondary N) is 1. The van der Waals surface area contributed by atoms with Crippen molar-refractivity contribution in [1.29, 1.82) is 0 Å². The fourth-order valence-corrected chi connectivity index (χ4v) is 4.25. The number of pyridine rings is 1. The van der Waals surface area contributed by atoms with Gasteiger partial charge in [-0.1, -0.05) is 43.7 Å². The minimum Gasteiger partial charge on any atom is -0.334 e. The predicted molar refractivity (Wildman–Crippen MR) is 130 cm³/mol. The molecule has 9 heteroatoms. The molecule has 34 heavy (non-hydrogen) atoms. The average molecular weight is 455 g/mol. The van der Waals surface area contributed by atoms with Crippen molar-refractivity contribution >= 4 is 0 Å². The van der Waals surface area contributed by atoms with Gasteiger partial charge in [-0.05, 0) is 42.3 Å². The summed E-state index contributed by atoms with van der Waals surface area (Å²) < 4.78 is 5.63. The quantitative estimate of drug-likeness (QED) is 0.385. The molecule has 1 N–H and O–H groups in total. The van der Waals surface area contributed by atoms with E-state index in [4.69, 9.17) is 0 Å². The van der Waals surface area contributed by atoms with Gasteiger partial charge in [0, 0.05) is 42.0 Å². The van der Waals surface area contributed by atoms with E-state index in [0.717, 1.165) is 53.3 Å². The first-order valence-electron chi connectivity index (χ1n) is 11.4. The van der Waals surface area contributed by atoms with Crippen LogP contribution in [0.5, 0.6) is 0 Å². The predicted octanol–water partition coefficient (Wildman–Crippen LogP) is 3.70. The molecule has 0 saturated carbocycles. The Morgan fingerprint density at radius 1 is 1.00 bits per heavy atom. The van der Waals surface area contributed by atoms with E-state index in [2.05, 4.69) is 44.0 Å². The molecule has 0 aliphatic heterocycles. The Morgan fingerprint density at radius 2 is 1.85 bits per heavy atom. The maximum atomic E-state index is 13.4. The average Bonchev–Trinajstić information content (AvgIpc) is 3.62. The first kappa shape index (κ1) is 21.6. The molecule has 1 aromatic carbocycles. The van der Waals surface area contributed by atoms with Crippen LogP contribution >= 0.6 is 0 Å². The summed E-state index contributed by atoms with van der Waals surface area (Å²) >= 11 is 0. The number of H-pyrrole nitrogens is 1. The van der Waals surface area contributed by atoms with E-state index < -0.39 is 0 Å². The van der Waals surface area contributed by atoms with Crippen LogP contribution in [0.15, 0.2) is 71.9 Å². The first-order chi connectivity index (χ1) is 16.7. The van der Waals surface area contributed by atoms with Crippen LogP contribution in [0.2, 0.25) is 0 Å². The van der Waals surface area contributed by atoms with Gasteiger partial charge in [-0.15, -0.1) is 10.2 Å². The van der Waals surface area contributed by atoms with Gasteiger partial charge in [0.15, 0.2) is 0 Å². The van der Waals surface area contributed by atoms with Crippen LogP contribution in [0.1, 0.15) is 31.7 Å². The molecule has 0 aliphatic carbocycles. The molecule has 5 rings (SSSR count). The van der Waals surface area contributed by atoms with Crippen molar-refractivity contribution in [3.63, 3.8) is 0 Å². The van der Waals surface area contributed by atoms with Crippen LogP contribution in [-0.2, 0) is 19.5 Å². The van der Waals surface area contributed by atoms with Crippen molar-refractivity contribution in [3.8, 4) is 28.3 Å². The van der Waals surface area contributed by atoms with Gasteiger partial charge in [0.05, 0.1) is 12.2 Å². The number of imidazole rings is 1. The van der Waals surface area contributed by atoms with E-state index in [1.807, 2.05) is 71.7 Å². The van der Waals surface area contributed by atoms with Crippen molar-refractivity contribution < 1.29 is 0 Å². The van der Waals surface area contributed by atoms with Crippen molar-refractivity contribution in [1.82, 2.24) is 39.3 Å². The van der Waals surface area contributed by atoms with Crippen molar-refractivity contribution in [2.75, 3.05) is 0 Å². The zero-order valence-corrected chi connectivity index (χ0v) is 19.2. The Hall–Kier alpha value is -4.27. The highest BCUT2D eigenvalue weighted by molar-refractivity contribution is 5.79. The highest BCUT2D eigenvalue weighted by Gasteiger charge is 2.16. The van der Waals surface area contributed by atoms with Gasteiger partial charge in [-0.3, -0.25) is 14.1 Å². The number of aryl methyl sites for hydroxylation is 2. The Labute approximate surface area is 196 Å². The maximum absolute atomic E-state index is 13.4. The molecule has 4 heterocycles. The highest BCUT2D eigenvalue weighted by Crippen LogP contribution is 2.29. The number of aromatic nitrogens is 8. The molecule has 0 fully saturated rings. The lowest BCUT2D eigenvalue weighted by atomic mass is 10.0. The molecule has 0 spiro atoms. The molecule has 4 aromatic heterocycles. The normalized spacial score (nSPS) is 11.2. The third kappa shape index (κ3) is 3.96. The fourth-order valence-electron chi connectivity index (χ4n) is 4.25. The Balaban J connectivity index is 1.47. The Morgan fingerprint density at radius 3 is 2.56 bits per heavy atom. The largest absolute Gasteiger partial charge is 0.334 e. The molecule has 0 radical (unpaired) electrons. The van der Waals surface area contributed by atoms with Crippen molar-refractivity contribution in [2.45, 2.75) is 39.8 Å². The van der Waals surface area contributed by atoms with Gasteiger partial charge >= 0.3 is 5.69 Å². The number of aromatic amines is 1. The van der Waals surface area contributed by atoms with Crippen LogP contribution in [0.25, 0.3) is 28.3 Å². The zero-order valence-electron chi connectivity index (χ0n) is 19.2. The summed E-state index contributed by atoms with van der Waals surface area (Å²) in [5, 5.41) is 14.4. The summed E-state index contributed by atoms with van der Waals surface area (Å²) in [6, 6.07) is 15.8. The van der Waals surface area contributed by atoms with E-state index in [1.165, 1.54) is 0 Å². The van der Waals surface area contributed by atoms with Crippen LogP contribution in [0, 0.1) is 0 Å². The molecule has 0 amide bonds. The third-order valence-electron chi connectivity index (χ3n) is 5.93. The molecule has 0 atom stereocenters. The van der Waals surface area contributed by atoms with Crippen LogP contribution in [0.4, 0.5) is 0 Å². The number of nitrogens with zero attached hydrogens (tertiary/aromatic N) is 7. The van der Waals surface area contributed by atoms with Gasteiger partial charge in [-0.25, -0.2) is 4.79 Å². The number of hydrogen-bond acceptors (Lipinski definition) is 5. The molecule has 0 bridgehead atoms. The number of tetrazole rings is 1. The van der Waals surface area contributed by atoms with E-state index >= 15 is 0 Å². The highest BCUT2D eigenvalue weighted by atomic mass is 16.1. The monoisotopic (exact) mass is 454 g/mol. The van der Waals surface area contributed by atoms with Crippen molar-refractivity contribution in [3.05, 3.63) is 89.0 Å². The van der Waals surface area contributed by atoms with Crippen molar-refractivity contribution in [2.24, 2.45) is 0 Å². The molecule has 0 unspecified atom stereocenters. The molecule has 0 aliphatic rings. The minimum absolute atomic E-state index is 0.0508. The molecule has 172 valence electrons. The van der Waals surface area contributed by atoms with Crippen LogP contribution in [0.3, 0.4) is 0 Å². The second-order valence-electron chi connectivity index (χ2n) is 8.08. The molecule has 9 nitrogen and oxygen atoms in total. The van der Waals surface area contributed by atoms with Gasteiger partial charge in [0.2, 0.25) is 5.82 Å². The van der Waals surface area contributed by atoms with Gasteiger partial charge in [-0.2, -0.15) is 5.21 Å². The van der Waals surface area contributed by atoms with Gasteiger partial charge < -0.3 is 4.57 Å². The molecule has 5 aromatic rings. The first-order valence-corrected chi connectivity index (χ1v) is 11.4. The summed E-state index contributed by atoms with van der Waals surface area (Å²) in [5.41, 5.74) is 4.57. The van der Waals surface area contributed by atoms with Crippen LogP contribution in [-0.4, -0.2) is 39.3 Å². The third-order valence-corrected chi connectivity index (χ3v) is 5.93. The summed E-state index contributed by atoms with van der Waals surface area (Å²) in [6.07, 6.45) is 7.56. The zero-order chi connectivity index (χ0) is 23.5. The lowest BCUT2D eigenvalue weighted by molar-refractivity contribution is 0.667. The van der Waals surface area contributed by atoms with E-state index in [9.17, 15) is 4.79 Å². The summed E-state index contributed by atoms with van der Waals surface area (Å²) in [6.45, 7) is 5.41. The second kappa shape index (κ2) is 9.30. The fraction of sp³-hybridized carbons (Fsp3) is 0.240. The topological polar surface area (TPSA) is 99.2 Å². The smallest absolute Gasteiger partial charge is 0.334 e. The summed E-state index contributed by atoms with van der Waals surface area (Å²) in [7, 11) is 0. The molecular formula is C25H26N8O. The Kier molecular flexibility index (Phi) is 5.90. The lowest BCUT2D eigenvalue weighted by Gasteiger charge is -2.09. The summed E-state index contributed by atoms with van der Waals surface area (Å²) in [5.74, 6) is 1.42. The Bertz CT molecular complexity index is 1440. The second-order valence-corrected chi connectivity index (χ2v) is 8.08. The standard InChI is InChI=1S/C25H26N8O/c1-3-8-20-17-33(23-11-7-14-31(23)4-2)25(34)32(20)16-19-13-12-18(15-26-19)21-9-5-6-10-22(21)24-27-29-30-28-24/h5-7,9-15,17H,3-4,8,16H2,1-2H3,(H,27,28,29,30). The van der Waals surface area contributed by atoms with E-state index in [-0.39, 0.29) is 5.69 Å².